The van der Waals surface area contributed by atoms with Crippen LogP contribution in [0.4, 0.5) is 0 Å². The molecule has 0 aliphatic carbocycles. The number of hydrogen-bond donors (Lipinski definition) is 0. The van der Waals surface area contributed by atoms with Crippen LogP contribution in [0.15, 0.2) is 0 Å². The molecule has 0 aromatic rings. The van der Waals surface area contributed by atoms with Crippen LogP contribution in [0, 0.1) is 0 Å². The van der Waals surface area contributed by atoms with Crippen molar-refractivity contribution in [2.45, 2.75) is 98.8 Å². The van der Waals surface area contributed by atoms with Gasteiger partial charge in [-0.3, -0.25) is 4.18 Å². The minimum atomic E-state index is -4.48. The van der Waals surface area contributed by atoms with Gasteiger partial charge in [-0.15, -0.1) is 0 Å². The summed E-state index contributed by atoms with van der Waals surface area (Å²) < 4.78 is 44.1. The van der Waals surface area contributed by atoms with Gasteiger partial charge in [0.2, 0.25) is 10.4 Å². The molecule has 0 amide bonds. The monoisotopic (exact) mass is 436 g/mol. The predicted molar refractivity (Wildman–Crippen MR) is 112 cm³/mol. The maximum atomic E-state index is 10.1. The van der Waals surface area contributed by atoms with E-state index in [1.54, 1.807) is 0 Å². The van der Waals surface area contributed by atoms with Crippen LogP contribution in [-0.4, -0.2) is 46.0 Å². The Hall–Kier alpha value is 0.790. The molecule has 0 saturated carbocycles. The maximum Gasteiger partial charge on any atom is 1.00 e. The van der Waals surface area contributed by atoms with Gasteiger partial charge in [0, 0.05) is 26.4 Å². The molecule has 0 radical (unpaired) electrons. The molecule has 0 aromatic carbocycles. The molecule has 0 N–H and O–H groups in total. The second kappa shape index (κ2) is 32.5. The Morgan fingerprint density at radius 3 is 1.18 bits per heavy atom. The first-order valence-corrected chi connectivity index (χ1v) is 12.0. The van der Waals surface area contributed by atoms with E-state index in [4.69, 9.17) is 9.47 Å². The summed E-state index contributed by atoms with van der Waals surface area (Å²) in [5.74, 6) is 0. The van der Waals surface area contributed by atoms with Crippen molar-refractivity contribution in [1.82, 2.24) is 0 Å². The summed E-state index contributed by atoms with van der Waals surface area (Å²) in [5, 5.41) is 0. The maximum absolute atomic E-state index is 10.1. The van der Waals surface area contributed by atoms with Crippen LogP contribution in [-0.2, 0) is 24.1 Å². The molecule has 0 saturated heterocycles. The van der Waals surface area contributed by atoms with Crippen LogP contribution in [0.2, 0.25) is 0 Å². The Balaban J connectivity index is -0.000000216. The fourth-order valence-electron chi connectivity index (χ4n) is 2.16. The first-order chi connectivity index (χ1) is 12.9. The Bertz CT molecular complexity index is 330. The van der Waals surface area contributed by atoms with Gasteiger partial charge in [0.05, 0.1) is 6.61 Å². The number of rotatable bonds is 16. The fourth-order valence-corrected chi connectivity index (χ4v) is 2.48. The van der Waals surface area contributed by atoms with E-state index in [2.05, 4.69) is 11.1 Å². The van der Waals surface area contributed by atoms with E-state index in [1.165, 1.54) is 44.9 Å². The zero-order chi connectivity index (χ0) is 21.2. The molecule has 0 aromatic heterocycles. The van der Waals surface area contributed by atoms with E-state index in [-0.39, 0.29) is 36.2 Å². The van der Waals surface area contributed by atoms with Crippen LogP contribution >= 0.6 is 0 Å². The third-order valence-corrected chi connectivity index (χ3v) is 4.00. The third-order valence-electron chi connectivity index (χ3n) is 3.54. The molecule has 6 nitrogen and oxygen atoms in total. The average molecular weight is 437 g/mol. The van der Waals surface area contributed by atoms with E-state index >= 15 is 0 Å². The zero-order valence-corrected chi connectivity index (χ0v) is 22.3. The molecule has 0 rings (SSSR count). The van der Waals surface area contributed by atoms with Crippen molar-refractivity contribution in [1.29, 1.82) is 0 Å². The second-order valence-corrected chi connectivity index (χ2v) is 7.03. The van der Waals surface area contributed by atoms with Crippen LogP contribution < -0.4 is 29.6 Å². The molecule has 0 aliphatic rings. The molecule has 0 unspecified atom stereocenters. The molecule has 0 bridgehead atoms. The Kier molecular flexibility index (Phi) is 41.9. The third kappa shape index (κ3) is 50.5. The number of ether oxygens (including phenoxy) is 2. The van der Waals surface area contributed by atoms with E-state index < -0.39 is 10.4 Å². The van der Waals surface area contributed by atoms with Crippen LogP contribution in [0.3, 0.4) is 0 Å². The smallest absolute Gasteiger partial charge is 0.726 e. The van der Waals surface area contributed by atoms with Gasteiger partial charge in [0.15, 0.2) is 0 Å². The van der Waals surface area contributed by atoms with Gasteiger partial charge in [-0.05, 0) is 34.1 Å². The second-order valence-electron chi connectivity index (χ2n) is 5.98. The summed E-state index contributed by atoms with van der Waals surface area (Å²) in [4.78, 5) is 0. The van der Waals surface area contributed by atoms with Crippen molar-refractivity contribution in [3.05, 3.63) is 0 Å². The molecule has 0 aliphatic heterocycles. The number of unbranched alkanes of at least 4 members (excludes halogenated alkanes) is 9. The molecule has 168 valence electrons. The van der Waals surface area contributed by atoms with Crippen molar-refractivity contribution in [2.75, 3.05) is 33.0 Å². The molecule has 8 heteroatoms. The molecular weight excluding hydrogens is 391 g/mol. The SMILES string of the molecule is CCCCCCCCCCCCOS(=O)(=O)[O-].CCOCC.CCOCC.[Na+]. The van der Waals surface area contributed by atoms with E-state index in [0.717, 1.165) is 39.3 Å². The van der Waals surface area contributed by atoms with Gasteiger partial charge in [0.25, 0.3) is 0 Å². The summed E-state index contributed by atoms with van der Waals surface area (Å²) in [6, 6.07) is 0. The minimum Gasteiger partial charge on any atom is -0.726 e. The zero-order valence-electron chi connectivity index (χ0n) is 19.5. The molecule has 0 heterocycles. The summed E-state index contributed by atoms with van der Waals surface area (Å²) in [6.45, 7) is 13.6. The van der Waals surface area contributed by atoms with Crippen molar-refractivity contribution < 1.29 is 56.2 Å². The Morgan fingerprint density at radius 1 is 0.607 bits per heavy atom. The fraction of sp³-hybridized carbons (Fsp3) is 1.00. The molecular formula is C20H45NaO6S. The quantitative estimate of drug-likeness (QED) is 0.160. The van der Waals surface area contributed by atoms with Gasteiger partial charge in [-0.1, -0.05) is 64.7 Å². The number of hydrogen-bond acceptors (Lipinski definition) is 6. The topological polar surface area (TPSA) is 84.9 Å². The molecule has 0 spiro atoms. The van der Waals surface area contributed by atoms with Gasteiger partial charge in [-0.25, -0.2) is 8.42 Å². The summed E-state index contributed by atoms with van der Waals surface area (Å²) in [7, 11) is -4.48. The van der Waals surface area contributed by atoms with Crippen molar-refractivity contribution >= 4 is 10.4 Å². The largest absolute Gasteiger partial charge is 1.00 e. The minimum absolute atomic E-state index is 0. The molecule has 28 heavy (non-hydrogen) atoms. The Labute approximate surface area is 197 Å². The van der Waals surface area contributed by atoms with Gasteiger partial charge in [0.1, 0.15) is 0 Å². The van der Waals surface area contributed by atoms with Crippen molar-refractivity contribution in [3.63, 3.8) is 0 Å². The first kappa shape index (κ1) is 36.2. The van der Waals surface area contributed by atoms with Crippen LogP contribution in [0.5, 0.6) is 0 Å². The van der Waals surface area contributed by atoms with Crippen LogP contribution in [0.25, 0.3) is 0 Å². The van der Waals surface area contributed by atoms with Crippen LogP contribution in [0.1, 0.15) is 98.8 Å². The molecule has 0 atom stereocenters. The van der Waals surface area contributed by atoms with Gasteiger partial charge < -0.3 is 14.0 Å². The summed E-state index contributed by atoms with van der Waals surface area (Å²) >= 11 is 0. The normalized spacial score (nSPS) is 10.2. The van der Waals surface area contributed by atoms with Crippen molar-refractivity contribution in [2.24, 2.45) is 0 Å². The predicted octanol–water partition coefficient (Wildman–Crippen LogP) is 2.47. The summed E-state index contributed by atoms with van der Waals surface area (Å²) in [6.07, 6.45) is 11.7. The summed E-state index contributed by atoms with van der Waals surface area (Å²) in [5.41, 5.74) is 0. The average Bonchev–Trinajstić information content (AvgIpc) is 2.61. The van der Waals surface area contributed by atoms with Gasteiger partial charge in [-0.2, -0.15) is 0 Å². The van der Waals surface area contributed by atoms with E-state index in [0.29, 0.717) is 6.42 Å². The first-order valence-electron chi connectivity index (χ1n) is 10.6. The van der Waals surface area contributed by atoms with E-state index in [1.807, 2.05) is 27.7 Å². The standard InChI is InChI=1S/C12H26O4S.2C4H10O.Na/c1-2-3-4-5-6-7-8-9-10-11-12-16-17(13,14)15;2*1-3-5-4-2;/h2-12H2,1H3,(H,13,14,15);2*3-4H2,1-2H3;/q;;;+1/p-1. The Morgan fingerprint density at radius 2 is 0.929 bits per heavy atom. The van der Waals surface area contributed by atoms with E-state index in [9.17, 15) is 13.0 Å². The van der Waals surface area contributed by atoms with Gasteiger partial charge >= 0.3 is 29.6 Å². The van der Waals surface area contributed by atoms with Crippen molar-refractivity contribution in [3.8, 4) is 0 Å². The molecule has 0 fully saturated rings.